The van der Waals surface area contributed by atoms with E-state index in [0.29, 0.717) is 11.0 Å². The fourth-order valence-electron chi connectivity index (χ4n) is 6.70. The van der Waals surface area contributed by atoms with Gasteiger partial charge in [-0.1, -0.05) is 12.1 Å². The Morgan fingerprint density at radius 3 is 2.21 bits per heavy atom. The van der Waals surface area contributed by atoms with Crippen LogP contribution in [0.15, 0.2) is 24.3 Å². The van der Waals surface area contributed by atoms with Gasteiger partial charge in [0.1, 0.15) is 0 Å². The van der Waals surface area contributed by atoms with Crippen LogP contribution in [0.3, 0.4) is 0 Å². The molecule has 6 nitrogen and oxygen atoms in total. The second kappa shape index (κ2) is 7.15. The van der Waals surface area contributed by atoms with Gasteiger partial charge >= 0.3 is 6.03 Å². The molecule has 1 aromatic rings. The molecule has 4 aliphatic carbocycles. The van der Waals surface area contributed by atoms with E-state index in [1.54, 1.807) is 12.1 Å². The van der Waals surface area contributed by atoms with Crippen molar-refractivity contribution in [3.8, 4) is 0 Å². The summed E-state index contributed by atoms with van der Waals surface area (Å²) in [6.45, 7) is 1.04. The molecule has 1 aliphatic heterocycles. The molecule has 2 N–H and O–H groups in total. The predicted molar refractivity (Wildman–Crippen MR) is 108 cm³/mol. The summed E-state index contributed by atoms with van der Waals surface area (Å²) < 4.78 is 0. The molecule has 29 heavy (non-hydrogen) atoms. The summed E-state index contributed by atoms with van der Waals surface area (Å²) in [4.78, 5) is 37.1. The quantitative estimate of drug-likeness (QED) is 0.727. The Kier molecular flexibility index (Phi) is 4.60. The maximum Gasteiger partial charge on any atom is 0.324 e. The number of hydrogen-bond acceptors (Lipinski definition) is 3. The van der Waals surface area contributed by atoms with Crippen molar-refractivity contribution in [2.24, 2.45) is 23.2 Å². The van der Waals surface area contributed by atoms with Crippen LogP contribution in [0.25, 0.3) is 0 Å². The van der Waals surface area contributed by atoms with Crippen LogP contribution in [-0.2, 0) is 11.3 Å². The second-order valence-electron chi connectivity index (χ2n) is 9.76. The molecule has 0 atom stereocenters. The topological polar surface area (TPSA) is 78.5 Å². The maximum atomic E-state index is 12.6. The molecule has 0 unspecified atom stereocenters. The number of hydrogen-bond donors (Lipinski definition) is 2. The Morgan fingerprint density at radius 1 is 1.03 bits per heavy atom. The fourth-order valence-corrected chi connectivity index (χ4v) is 6.70. The van der Waals surface area contributed by atoms with Crippen molar-refractivity contribution < 1.29 is 14.4 Å². The van der Waals surface area contributed by atoms with Crippen LogP contribution in [0, 0.1) is 23.2 Å². The molecule has 1 saturated heterocycles. The number of imide groups is 1. The van der Waals surface area contributed by atoms with E-state index in [9.17, 15) is 14.4 Å². The van der Waals surface area contributed by atoms with Crippen molar-refractivity contribution in [2.45, 2.75) is 51.5 Å². The van der Waals surface area contributed by atoms with E-state index < -0.39 is 0 Å². The fraction of sp³-hybridized carbons (Fsp3) is 0.609. The zero-order valence-electron chi connectivity index (χ0n) is 16.8. The molecule has 0 radical (unpaired) electrons. The van der Waals surface area contributed by atoms with Gasteiger partial charge in [-0.25, -0.2) is 4.79 Å². The van der Waals surface area contributed by atoms with E-state index in [-0.39, 0.29) is 30.9 Å². The lowest BCUT2D eigenvalue weighted by molar-refractivity contribution is -0.125. The van der Waals surface area contributed by atoms with Crippen LogP contribution >= 0.6 is 0 Å². The van der Waals surface area contributed by atoms with E-state index in [2.05, 4.69) is 10.6 Å². The van der Waals surface area contributed by atoms with Crippen molar-refractivity contribution in [3.05, 3.63) is 35.4 Å². The van der Waals surface area contributed by atoms with Crippen LogP contribution in [-0.4, -0.2) is 35.8 Å². The minimum absolute atomic E-state index is 0.0451. The van der Waals surface area contributed by atoms with Crippen LogP contribution in [0.1, 0.15) is 60.9 Å². The normalized spacial score (nSPS) is 32.6. The van der Waals surface area contributed by atoms with Crippen LogP contribution < -0.4 is 10.6 Å². The van der Waals surface area contributed by atoms with Gasteiger partial charge in [-0.2, -0.15) is 0 Å². The van der Waals surface area contributed by atoms with E-state index in [4.69, 9.17) is 0 Å². The molecule has 6 rings (SSSR count). The summed E-state index contributed by atoms with van der Waals surface area (Å²) in [5.74, 6) is 2.55. The van der Waals surface area contributed by atoms with Gasteiger partial charge in [0.05, 0.1) is 13.1 Å². The first-order valence-corrected chi connectivity index (χ1v) is 10.9. The summed E-state index contributed by atoms with van der Waals surface area (Å²) in [7, 11) is 0. The molecule has 1 heterocycles. The average molecular weight is 396 g/mol. The zero-order valence-corrected chi connectivity index (χ0v) is 16.8. The number of urea groups is 1. The Hall–Kier alpha value is -2.37. The Bertz CT molecular complexity index is 781. The highest BCUT2D eigenvalue weighted by atomic mass is 16.2. The SMILES string of the molecule is O=C(NCCC12CC3CC(CC(C3)C1)C2)c1ccc(CN2C(=O)CNC2=O)cc1. The number of nitrogens with zero attached hydrogens (tertiary/aromatic N) is 1. The van der Waals surface area contributed by atoms with Gasteiger partial charge in [0.25, 0.3) is 5.91 Å². The molecule has 154 valence electrons. The molecule has 5 aliphatic rings. The number of amides is 4. The van der Waals surface area contributed by atoms with E-state index in [1.165, 1.54) is 43.4 Å². The monoisotopic (exact) mass is 395 g/mol. The standard InChI is InChI=1S/C23H29N3O3/c27-20-13-25-22(29)26(20)14-15-1-3-19(4-2-15)21(28)24-6-5-23-10-16-7-17(11-23)9-18(8-16)12-23/h1-4,16-18H,5-14H2,(H,24,28)(H,25,29). The number of benzene rings is 1. The van der Waals surface area contributed by atoms with Crippen LogP contribution in [0.4, 0.5) is 4.79 Å². The summed E-state index contributed by atoms with van der Waals surface area (Å²) in [5.41, 5.74) is 1.94. The highest BCUT2D eigenvalue weighted by Crippen LogP contribution is 2.61. The molecule has 4 bridgehead atoms. The molecule has 5 fully saturated rings. The van der Waals surface area contributed by atoms with Gasteiger partial charge in [0.2, 0.25) is 5.91 Å². The van der Waals surface area contributed by atoms with Crippen molar-refractivity contribution in [3.63, 3.8) is 0 Å². The molecule has 6 heteroatoms. The lowest BCUT2D eigenvalue weighted by Gasteiger charge is -2.57. The molecule has 0 aromatic heterocycles. The van der Waals surface area contributed by atoms with Gasteiger partial charge in [-0.3, -0.25) is 14.5 Å². The molecule has 4 amide bonds. The first kappa shape index (κ1) is 18.6. The number of nitrogens with one attached hydrogen (secondary N) is 2. The summed E-state index contributed by atoms with van der Waals surface area (Å²) in [6, 6.07) is 6.81. The van der Waals surface area contributed by atoms with Crippen molar-refractivity contribution in [2.75, 3.05) is 13.1 Å². The second-order valence-corrected chi connectivity index (χ2v) is 9.76. The molecule has 4 saturated carbocycles. The average Bonchev–Trinajstić information content (AvgIpc) is 2.99. The first-order chi connectivity index (χ1) is 14.0. The molecule has 0 spiro atoms. The summed E-state index contributed by atoms with van der Waals surface area (Å²) >= 11 is 0. The third kappa shape index (κ3) is 3.65. The van der Waals surface area contributed by atoms with E-state index in [1.807, 2.05) is 12.1 Å². The summed E-state index contributed by atoms with van der Waals surface area (Å²) in [5, 5.41) is 5.63. The number of carbonyl (C=O) groups is 3. The van der Waals surface area contributed by atoms with Crippen molar-refractivity contribution in [1.29, 1.82) is 0 Å². The van der Waals surface area contributed by atoms with Crippen LogP contribution in [0.2, 0.25) is 0 Å². The first-order valence-electron chi connectivity index (χ1n) is 10.9. The highest BCUT2D eigenvalue weighted by Gasteiger charge is 2.50. The third-order valence-electron chi connectivity index (χ3n) is 7.60. The summed E-state index contributed by atoms with van der Waals surface area (Å²) in [6.07, 6.45) is 9.55. The lowest BCUT2D eigenvalue weighted by Crippen LogP contribution is -2.47. The van der Waals surface area contributed by atoms with Gasteiger partial charge in [-0.05, 0) is 85.8 Å². The van der Waals surface area contributed by atoms with Crippen LogP contribution in [0.5, 0.6) is 0 Å². The van der Waals surface area contributed by atoms with Crippen molar-refractivity contribution >= 4 is 17.8 Å². The predicted octanol–water partition coefficient (Wildman–Crippen LogP) is 3.07. The Morgan fingerprint density at radius 2 is 1.66 bits per heavy atom. The Labute approximate surface area is 171 Å². The number of rotatable bonds is 6. The van der Waals surface area contributed by atoms with Gasteiger partial charge < -0.3 is 10.6 Å². The minimum Gasteiger partial charge on any atom is -0.352 e. The molecule has 1 aromatic carbocycles. The van der Waals surface area contributed by atoms with E-state index in [0.717, 1.165) is 36.3 Å². The van der Waals surface area contributed by atoms with Crippen molar-refractivity contribution in [1.82, 2.24) is 15.5 Å². The number of carbonyl (C=O) groups excluding carboxylic acids is 3. The third-order valence-corrected chi connectivity index (χ3v) is 7.60. The van der Waals surface area contributed by atoms with Gasteiger partial charge in [0, 0.05) is 12.1 Å². The lowest BCUT2D eigenvalue weighted by atomic mass is 9.49. The maximum absolute atomic E-state index is 12.6. The minimum atomic E-state index is -0.360. The molecular weight excluding hydrogens is 366 g/mol. The van der Waals surface area contributed by atoms with E-state index >= 15 is 0 Å². The Balaban J connectivity index is 1.14. The zero-order chi connectivity index (χ0) is 20.0. The largest absolute Gasteiger partial charge is 0.352 e. The smallest absolute Gasteiger partial charge is 0.324 e. The highest BCUT2D eigenvalue weighted by molar-refractivity contribution is 6.01. The molecular formula is C23H29N3O3. The van der Waals surface area contributed by atoms with Gasteiger partial charge in [-0.15, -0.1) is 0 Å². The van der Waals surface area contributed by atoms with Gasteiger partial charge in [0.15, 0.2) is 0 Å².